The van der Waals surface area contributed by atoms with Gasteiger partial charge in [0.1, 0.15) is 5.75 Å². The van der Waals surface area contributed by atoms with E-state index in [1.807, 2.05) is 50.5 Å². The Kier molecular flexibility index (Phi) is 5.85. The summed E-state index contributed by atoms with van der Waals surface area (Å²) in [4.78, 5) is 14.3. The van der Waals surface area contributed by atoms with Gasteiger partial charge in [-0.25, -0.2) is 0 Å². The lowest BCUT2D eigenvalue weighted by Gasteiger charge is -2.52. The first-order chi connectivity index (χ1) is 12.8. The van der Waals surface area contributed by atoms with Gasteiger partial charge in [0.25, 0.3) is 5.91 Å². The largest absolute Gasteiger partial charge is 0.484 e. The van der Waals surface area contributed by atoms with E-state index in [0.717, 1.165) is 30.8 Å². The van der Waals surface area contributed by atoms with Crippen molar-refractivity contribution in [1.82, 2.24) is 15.4 Å². The van der Waals surface area contributed by atoms with Gasteiger partial charge in [-0.05, 0) is 50.4 Å². The van der Waals surface area contributed by atoms with Gasteiger partial charge in [-0.3, -0.25) is 4.79 Å². The summed E-state index contributed by atoms with van der Waals surface area (Å²) in [6.07, 6.45) is 1.82. The highest BCUT2D eigenvalue weighted by Gasteiger charge is 2.48. The van der Waals surface area contributed by atoms with Gasteiger partial charge in [0.15, 0.2) is 12.4 Å². The lowest BCUT2D eigenvalue weighted by molar-refractivity contribution is -0.127. The predicted octanol–water partition coefficient (Wildman–Crippen LogP) is 2.89. The van der Waals surface area contributed by atoms with Crippen LogP contribution in [0.15, 0.2) is 40.9 Å². The maximum atomic E-state index is 12.2. The number of benzene rings is 1. The van der Waals surface area contributed by atoms with Crippen LogP contribution in [-0.4, -0.2) is 42.7 Å². The highest BCUT2D eigenvalue weighted by atomic mass is 16.5. The molecule has 1 fully saturated rings. The Labute approximate surface area is 160 Å². The third kappa shape index (κ3) is 4.89. The Balaban J connectivity index is 1.46. The molecule has 0 radical (unpaired) electrons. The summed E-state index contributed by atoms with van der Waals surface area (Å²) in [6, 6.07) is 11.6. The Hall–Kier alpha value is -2.34. The van der Waals surface area contributed by atoms with Crippen LogP contribution in [0.1, 0.15) is 31.7 Å². The summed E-state index contributed by atoms with van der Waals surface area (Å²) in [5.41, 5.74) is 1.00. The molecule has 0 bridgehead atoms. The second-order valence-electron chi connectivity index (χ2n) is 8.20. The average Bonchev–Trinajstić information content (AvgIpc) is 3.06. The molecule has 1 N–H and O–H groups in total. The van der Waals surface area contributed by atoms with Crippen LogP contribution in [0.3, 0.4) is 0 Å². The monoisotopic (exact) mass is 371 g/mol. The number of ether oxygens (including phenoxy) is 1. The molecule has 1 aromatic heterocycles. The number of nitrogens with one attached hydrogen (secondary N) is 1. The van der Waals surface area contributed by atoms with Crippen molar-refractivity contribution in [2.75, 3.05) is 20.7 Å². The molecule has 2 atom stereocenters. The van der Waals surface area contributed by atoms with Crippen molar-refractivity contribution in [2.45, 2.75) is 39.3 Å². The summed E-state index contributed by atoms with van der Waals surface area (Å²) in [7, 11) is 4.01. The third-order valence-electron chi connectivity index (χ3n) is 5.45. The molecule has 146 valence electrons. The summed E-state index contributed by atoms with van der Waals surface area (Å²) >= 11 is 0. The topological polar surface area (TPSA) is 67.6 Å². The van der Waals surface area contributed by atoms with Gasteiger partial charge in [-0.2, -0.15) is 0 Å². The van der Waals surface area contributed by atoms with Crippen LogP contribution in [-0.2, 0) is 17.8 Å². The highest BCUT2D eigenvalue weighted by molar-refractivity contribution is 5.78. The maximum Gasteiger partial charge on any atom is 0.258 e. The zero-order valence-electron chi connectivity index (χ0n) is 16.6. The zero-order chi connectivity index (χ0) is 19.4. The molecule has 1 amide bonds. The highest BCUT2D eigenvalue weighted by Crippen LogP contribution is 2.47. The van der Waals surface area contributed by atoms with Crippen molar-refractivity contribution in [2.24, 2.45) is 11.3 Å². The normalized spacial score (nSPS) is 20.9. The number of nitrogens with zero attached hydrogens (tertiary/aromatic N) is 2. The van der Waals surface area contributed by atoms with Crippen LogP contribution in [0.4, 0.5) is 0 Å². The molecule has 1 aliphatic rings. The predicted molar refractivity (Wildman–Crippen MR) is 103 cm³/mol. The van der Waals surface area contributed by atoms with Gasteiger partial charge in [-0.1, -0.05) is 37.2 Å². The quantitative estimate of drug-likeness (QED) is 0.773. The van der Waals surface area contributed by atoms with Crippen molar-refractivity contribution in [3.63, 3.8) is 0 Å². The van der Waals surface area contributed by atoms with Gasteiger partial charge < -0.3 is 19.5 Å². The average molecular weight is 371 g/mol. The molecule has 27 heavy (non-hydrogen) atoms. The standard InChI is InChI=1S/C21H29N3O3/c1-21(2)15(10-16-12-18(27-23-16)13-24(3)4)11-19(21)22-20(25)14-26-17-8-6-5-7-9-17/h5-9,12,15,19H,10-11,13-14H2,1-4H3,(H,22,25). The first-order valence-corrected chi connectivity index (χ1v) is 9.41. The smallest absolute Gasteiger partial charge is 0.258 e. The number of hydrogen-bond acceptors (Lipinski definition) is 5. The second kappa shape index (κ2) is 8.13. The van der Waals surface area contributed by atoms with Crippen LogP contribution in [0.2, 0.25) is 0 Å². The Morgan fingerprint density at radius 3 is 2.74 bits per heavy atom. The zero-order valence-corrected chi connectivity index (χ0v) is 16.6. The Bertz CT molecular complexity index is 755. The van der Waals surface area contributed by atoms with E-state index in [2.05, 4.69) is 29.2 Å². The molecule has 6 nitrogen and oxygen atoms in total. The van der Waals surface area contributed by atoms with E-state index in [4.69, 9.17) is 9.26 Å². The number of hydrogen-bond donors (Lipinski definition) is 1. The fraction of sp³-hybridized carbons (Fsp3) is 0.524. The minimum atomic E-state index is -0.0786. The fourth-order valence-corrected chi connectivity index (χ4v) is 3.60. The van der Waals surface area contributed by atoms with Crippen molar-refractivity contribution in [3.05, 3.63) is 47.9 Å². The van der Waals surface area contributed by atoms with E-state index in [0.29, 0.717) is 11.7 Å². The molecule has 2 unspecified atom stereocenters. The molecule has 3 rings (SSSR count). The minimum absolute atomic E-state index is 0.0169. The second-order valence-corrected chi connectivity index (χ2v) is 8.20. The number of aromatic nitrogens is 1. The van der Waals surface area contributed by atoms with Crippen LogP contribution in [0, 0.1) is 11.3 Å². The van der Waals surface area contributed by atoms with E-state index in [-0.39, 0.29) is 24.0 Å². The SMILES string of the molecule is CN(C)Cc1cc(CC2CC(NC(=O)COc3ccccc3)C2(C)C)no1. The van der Waals surface area contributed by atoms with Crippen LogP contribution in [0.5, 0.6) is 5.75 Å². The molecular formula is C21H29N3O3. The van der Waals surface area contributed by atoms with Gasteiger partial charge >= 0.3 is 0 Å². The molecule has 1 heterocycles. The van der Waals surface area contributed by atoms with E-state index in [1.54, 1.807) is 0 Å². The summed E-state index contributed by atoms with van der Waals surface area (Å²) in [6.45, 7) is 5.19. The maximum absolute atomic E-state index is 12.2. The van der Waals surface area contributed by atoms with Crippen LogP contribution >= 0.6 is 0 Å². The van der Waals surface area contributed by atoms with Crippen molar-refractivity contribution < 1.29 is 14.1 Å². The molecule has 2 aromatic rings. The summed E-state index contributed by atoms with van der Waals surface area (Å²) in [5, 5.41) is 7.31. The van der Waals surface area contributed by atoms with Gasteiger partial charge in [0.05, 0.1) is 12.2 Å². The van der Waals surface area contributed by atoms with Crippen molar-refractivity contribution in [3.8, 4) is 5.75 Å². The van der Waals surface area contributed by atoms with Gasteiger partial charge in [-0.15, -0.1) is 0 Å². The minimum Gasteiger partial charge on any atom is -0.484 e. The number of carbonyl (C=O) groups is 1. The van der Waals surface area contributed by atoms with Gasteiger partial charge in [0, 0.05) is 12.1 Å². The van der Waals surface area contributed by atoms with E-state index in [9.17, 15) is 4.79 Å². The number of para-hydroxylation sites is 1. The molecule has 6 heteroatoms. The van der Waals surface area contributed by atoms with Crippen LogP contribution in [0.25, 0.3) is 0 Å². The molecule has 1 aromatic carbocycles. The first kappa shape index (κ1) is 19.4. The molecule has 0 saturated heterocycles. The third-order valence-corrected chi connectivity index (χ3v) is 5.45. The molecular weight excluding hydrogens is 342 g/mol. The van der Waals surface area contributed by atoms with E-state index in [1.165, 1.54) is 0 Å². The molecule has 0 spiro atoms. The Morgan fingerprint density at radius 2 is 2.07 bits per heavy atom. The number of rotatable bonds is 8. The van der Waals surface area contributed by atoms with Crippen LogP contribution < -0.4 is 10.1 Å². The molecule has 0 aliphatic heterocycles. The Morgan fingerprint density at radius 1 is 1.33 bits per heavy atom. The van der Waals surface area contributed by atoms with E-state index < -0.39 is 0 Å². The summed E-state index contributed by atoms with van der Waals surface area (Å²) < 4.78 is 10.9. The lowest BCUT2D eigenvalue weighted by atomic mass is 9.57. The fourth-order valence-electron chi connectivity index (χ4n) is 3.60. The number of amides is 1. The molecule has 1 saturated carbocycles. The van der Waals surface area contributed by atoms with E-state index >= 15 is 0 Å². The van der Waals surface area contributed by atoms with Crippen molar-refractivity contribution >= 4 is 5.91 Å². The lowest BCUT2D eigenvalue weighted by Crippen LogP contribution is -2.59. The molecule has 1 aliphatic carbocycles. The number of carbonyl (C=O) groups excluding carboxylic acids is 1. The van der Waals surface area contributed by atoms with Gasteiger partial charge in [0.2, 0.25) is 0 Å². The summed E-state index contributed by atoms with van der Waals surface area (Å²) in [5.74, 6) is 1.98. The first-order valence-electron chi connectivity index (χ1n) is 9.41. The van der Waals surface area contributed by atoms with Crippen molar-refractivity contribution in [1.29, 1.82) is 0 Å².